The third-order valence-corrected chi connectivity index (χ3v) is 1.83. The number of hydrogen-bond acceptors (Lipinski definition) is 1. The van der Waals surface area contributed by atoms with Gasteiger partial charge in [-0.15, -0.1) is 0 Å². The second-order valence-corrected chi connectivity index (χ2v) is 3.73. The predicted octanol–water partition coefficient (Wildman–Crippen LogP) is 2.34. The molecule has 0 aliphatic heterocycles. The molecular formula is C10H21NO. The first-order chi connectivity index (χ1) is 5.63. The Bertz CT molecular complexity index is 121. The van der Waals surface area contributed by atoms with Crippen molar-refractivity contribution in [2.75, 3.05) is 6.54 Å². The summed E-state index contributed by atoms with van der Waals surface area (Å²) in [5, 5.41) is 2.79. The molecule has 0 heterocycles. The van der Waals surface area contributed by atoms with Crippen LogP contribution in [0.4, 0.5) is 0 Å². The molecule has 0 unspecified atom stereocenters. The third kappa shape index (κ3) is 9.47. The molecule has 0 radical (unpaired) electrons. The largest absolute Gasteiger partial charge is 0.356 e. The molecule has 0 aromatic heterocycles. The van der Waals surface area contributed by atoms with Crippen molar-refractivity contribution in [3.05, 3.63) is 0 Å². The fourth-order valence-electron chi connectivity index (χ4n) is 1.12. The first-order valence-electron chi connectivity index (χ1n) is 4.87. The molecule has 0 aromatic carbocycles. The molecule has 1 N–H and O–H groups in total. The van der Waals surface area contributed by atoms with Crippen LogP contribution in [0.2, 0.25) is 0 Å². The quantitative estimate of drug-likeness (QED) is 0.611. The van der Waals surface area contributed by atoms with Crippen molar-refractivity contribution >= 4 is 5.91 Å². The number of nitrogens with one attached hydrogen (secondary N) is 1. The summed E-state index contributed by atoms with van der Waals surface area (Å²) in [6, 6.07) is 0. The van der Waals surface area contributed by atoms with E-state index >= 15 is 0 Å². The Morgan fingerprint density at radius 3 is 2.42 bits per heavy atom. The zero-order valence-corrected chi connectivity index (χ0v) is 8.52. The van der Waals surface area contributed by atoms with Crippen LogP contribution in [-0.2, 0) is 4.79 Å². The molecule has 72 valence electrons. The van der Waals surface area contributed by atoms with Gasteiger partial charge in [-0.3, -0.25) is 4.79 Å². The minimum atomic E-state index is 0.0823. The van der Waals surface area contributed by atoms with Crippen molar-refractivity contribution in [3.63, 3.8) is 0 Å². The van der Waals surface area contributed by atoms with Crippen LogP contribution < -0.4 is 5.32 Å². The second-order valence-electron chi connectivity index (χ2n) is 3.73. The maximum Gasteiger partial charge on any atom is 0.216 e. The lowest BCUT2D eigenvalue weighted by Crippen LogP contribution is -2.20. The lowest BCUT2D eigenvalue weighted by Gasteiger charge is -2.04. The van der Waals surface area contributed by atoms with E-state index < -0.39 is 0 Å². The van der Waals surface area contributed by atoms with Crippen molar-refractivity contribution in [3.8, 4) is 0 Å². The number of amides is 1. The SMILES string of the molecule is CC(=O)NCCCCCC(C)C. The third-order valence-electron chi connectivity index (χ3n) is 1.83. The number of rotatable bonds is 6. The highest BCUT2D eigenvalue weighted by molar-refractivity contribution is 5.72. The van der Waals surface area contributed by atoms with E-state index in [1.807, 2.05) is 0 Å². The number of hydrogen-bond donors (Lipinski definition) is 1. The van der Waals surface area contributed by atoms with Gasteiger partial charge in [0.15, 0.2) is 0 Å². The van der Waals surface area contributed by atoms with E-state index in [9.17, 15) is 4.79 Å². The average Bonchev–Trinajstić information content (AvgIpc) is 1.95. The Balaban J connectivity index is 2.96. The van der Waals surface area contributed by atoms with Gasteiger partial charge in [-0.2, -0.15) is 0 Å². The smallest absolute Gasteiger partial charge is 0.216 e. The maximum absolute atomic E-state index is 10.5. The van der Waals surface area contributed by atoms with Crippen molar-refractivity contribution in [2.24, 2.45) is 5.92 Å². The summed E-state index contributed by atoms with van der Waals surface area (Å²) in [7, 11) is 0. The van der Waals surface area contributed by atoms with Crippen LogP contribution >= 0.6 is 0 Å². The molecule has 0 spiro atoms. The van der Waals surface area contributed by atoms with Gasteiger partial charge in [-0.1, -0.05) is 33.1 Å². The summed E-state index contributed by atoms with van der Waals surface area (Å²) in [5.41, 5.74) is 0. The zero-order chi connectivity index (χ0) is 9.40. The molecule has 2 nitrogen and oxygen atoms in total. The van der Waals surface area contributed by atoms with Gasteiger partial charge in [0.05, 0.1) is 0 Å². The van der Waals surface area contributed by atoms with Gasteiger partial charge in [0, 0.05) is 13.5 Å². The molecule has 12 heavy (non-hydrogen) atoms. The lowest BCUT2D eigenvalue weighted by molar-refractivity contribution is -0.118. The molecule has 0 saturated carbocycles. The summed E-state index contributed by atoms with van der Waals surface area (Å²) >= 11 is 0. The van der Waals surface area contributed by atoms with E-state index in [2.05, 4.69) is 19.2 Å². The van der Waals surface area contributed by atoms with E-state index in [-0.39, 0.29) is 5.91 Å². The highest BCUT2D eigenvalue weighted by Crippen LogP contribution is 2.07. The van der Waals surface area contributed by atoms with Crippen molar-refractivity contribution < 1.29 is 4.79 Å². The molecule has 1 amide bonds. The Kier molecular flexibility index (Phi) is 6.82. The molecule has 2 heteroatoms. The van der Waals surface area contributed by atoms with E-state index in [0.717, 1.165) is 18.9 Å². The van der Waals surface area contributed by atoms with Crippen molar-refractivity contribution in [1.29, 1.82) is 0 Å². The van der Waals surface area contributed by atoms with E-state index in [1.54, 1.807) is 6.92 Å². The van der Waals surface area contributed by atoms with Crippen LogP contribution in [0.1, 0.15) is 46.5 Å². The van der Waals surface area contributed by atoms with E-state index in [4.69, 9.17) is 0 Å². The van der Waals surface area contributed by atoms with Gasteiger partial charge >= 0.3 is 0 Å². The van der Waals surface area contributed by atoms with Gasteiger partial charge < -0.3 is 5.32 Å². The Labute approximate surface area is 75.7 Å². The summed E-state index contributed by atoms with van der Waals surface area (Å²) in [5.74, 6) is 0.893. The van der Waals surface area contributed by atoms with Crippen LogP contribution in [0.3, 0.4) is 0 Å². The average molecular weight is 171 g/mol. The molecule has 0 aromatic rings. The first-order valence-corrected chi connectivity index (χ1v) is 4.87. The molecule has 0 aliphatic carbocycles. The number of unbranched alkanes of at least 4 members (excludes halogenated alkanes) is 2. The van der Waals surface area contributed by atoms with Gasteiger partial charge in [-0.05, 0) is 12.3 Å². The Morgan fingerprint density at radius 1 is 1.25 bits per heavy atom. The van der Waals surface area contributed by atoms with Crippen molar-refractivity contribution in [2.45, 2.75) is 46.5 Å². The molecule has 0 bridgehead atoms. The van der Waals surface area contributed by atoms with Crippen LogP contribution in [0.5, 0.6) is 0 Å². The fraction of sp³-hybridized carbons (Fsp3) is 0.900. The topological polar surface area (TPSA) is 29.1 Å². The Hall–Kier alpha value is -0.530. The molecule has 0 saturated heterocycles. The standard InChI is InChI=1S/C10H21NO/c1-9(2)7-5-4-6-8-11-10(3)12/h9H,4-8H2,1-3H3,(H,11,12). The monoisotopic (exact) mass is 171 g/mol. The van der Waals surface area contributed by atoms with Gasteiger partial charge in [0.25, 0.3) is 0 Å². The minimum Gasteiger partial charge on any atom is -0.356 e. The van der Waals surface area contributed by atoms with Gasteiger partial charge in [0.1, 0.15) is 0 Å². The van der Waals surface area contributed by atoms with E-state index in [0.29, 0.717) is 0 Å². The fourth-order valence-corrected chi connectivity index (χ4v) is 1.12. The van der Waals surface area contributed by atoms with E-state index in [1.165, 1.54) is 19.3 Å². The summed E-state index contributed by atoms with van der Waals surface area (Å²) in [6.45, 7) is 6.89. The van der Waals surface area contributed by atoms with Crippen LogP contribution in [-0.4, -0.2) is 12.5 Å². The summed E-state index contributed by atoms with van der Waals surface area (Å²) in [4.78, 5) is 10.5. The second kappa shape index (κ2) is 7.14. The summed E-state index contributed by atoms with van der Waals surface area (Å²) < 4.78 is 0. The van der Waals surface area contributed by atoms with Crippen LogP contribution in [0, 0.1) is 5.92 Å². The van der Waals surface area contributed by atoms with Crippen LogP contribution in [0.25, 0.3) is 0 Å². The molecular weight excluding hydrogens is 150 g/mol. The van der Waals surface area contributed by atoms with Crippen molar-refractivity contribution in [1.82, 2.24) is 5.32 Å². The van der Waals surface area contributed by atoms with Gasteiger partial charge in [0.2, 0.25) is 5.91 Å². The molecule has 0 aliphatic rings. The zero-order valence-electron chi connectivity index (χ0n) is 8.52. The Morgan fingerprint density at radius 2 is 1.92 bits per heavy atom. The summed E-state index contributed by atoms with van der Waals surface area (Å²) in [6.07, 6.45) is 4.95. The number of carbonyl (C=O) groups is 1. The lowest BCUT2D eigenvalue weighted by atomic mass is 10.1. The number of carbonyl (C=O) groups excluding carboxylic acids is 1. The first kappa shape index (κ1) is 11.5. The minimum absolute atomic E-state index is 0.0823. The predicted molar refractivity (Wildman–Crippen MR) is 52.0 cm³/mol. The highest BCUT2D eigenvalue weighted by atomic mass is 16.1. The van der Waals surface area contributed by atoms with Gasteiger partial charge in [-0.25, -0.2) is 0 Å². The normalized spacial score (nSPS) is 10.3. The maximum atomic E-state index is 10.5. The highest BCUT2D eigenvalue weighted by Gasteiger charge is 1.94. The molecule has 0 atom stereocenters. The molecule has 0 fully saturated rings. The molecule has 0 rings (SSSR count). The van der Waals surface area contributed by atoms with Crippen LogP contribution in [0.15, 0.2) is 0 Å².